The molecule has 1 amide bonds. The molecule has 0 radical (unpaired) electrons. The van der Waals surface area contributed by atoms with Crippen LogP contribution >= 0.6 is 15.9 Å². The van der Waals surface area contributed by atoms with E-state index >= 15 is 0 Å². The maximum absolute atomic E-state index is 12.5. The summed E-state index contributed by atoms with van der Waals surface area (Å²) in [6, 6.07) is 6.56. The van der Waals surface area contributed by atoms with Crippen LogP contribution in [-0.4, -0.2) is 30.5 Å². The molecular formula is C13H16BrNO3S. The molecule has 104 valence electrons. The van der Waals surface area contributed by atoms with Crippen molar-refractivity contribution < 1.29 is 13.2 Å². The van der Waals surface area contributed by atoms with E-state index in [0.717, 1.165) is 9.87 Å². The molecule has 1 aliphatic heterocycles. The molecule has 1 fully saturated rings. The summed E-state index contributed by atoms with van der Waals surface area (Å²) < 4.78 is 25.9. The zero-order valence-corrected chi connectivity index (χ0v) is 13.2. The summed E-state index contributed by atoms with van der Waals surface area (Å²) in [7, 11) is -3.72. The van der Waals surface area contributed by atoms with Crippen LogP contribution in [0, 0.1) is 18.8 Å². The van der Waals surface area contributed by atoms with Gasteiger partial charge in [0, 0.05) is 17.8 Å². The number of rotatable bonds is 3. The molecule has 0 saturated carbocycles. The summed E-state index contributed by atoms with van der Waals surface area (Å²) in [5.41, 5.74) is 0.985. The molecule has 1 aliphatic rings. The highest BCUT2D eigenvalue weighted by Gasteiger charge is 2.43. The smallest absolute Gasteiger partial charge is 0.266 e. The molecule has 1 aromatic carbocycles. The zero-order valence-electron chi connectivity index (χ0n) is 10.8. The Balaban J connectivity index is 2.36. The molecule has 0 unspecified atom stereocenters. The van der Waals surface area contributed by atoms with Crippen molar-refractivity contribution in [2.45, 2.75) is 18.7 Å². The highest BCUT2D eigenvalue weighted by Crippen LogP contribution is 2.30. The minimum Gasteiger partial charge on any atom is -0.273 e. The van der Waals surface area contributed by atoms with Gasteiger partial charge in [-0.25, -0.2) is 12.7 Å². The summed E-state index contributed by atoms with van der Waals surface area (Å²) in [5, 5.41) is 0.625. The van der Waals surface area contributed by atoms with E-state index in [0.29, 0.717) is 5.33 Å². The molecule has 0 N–H and O–H groups in total. The third kappa shape index (κ3) is 2.56. The van der Waals surface area contributed by atoms with Crippen LogP contribution in [0.3, 0.4) is 0 Å². The van der Waals surface area contributed by atoms with Crippen LogP contribution in [0.4, 0.5) is 0 Å². The maximum atomic E-state index is 12.5. The Bertz CT molecular complexity index is 582. The Kier molecular flexibility index (Phi) is 4.01. The Hall–Kier alpha value is -0.880. The monoisotopic (exact) mass is 345 g/mol. The van der Waals surface area contributed by atoms with Crippen molar-refractivity contribution in [3.05, 3.63) is 29.8 Å². The third-order valence-electron chi connectivity index (χ3n) is 3.55. The molecule has 19 heavy (non-hydrogen) atoms. The average Bonchev–Trinajstić information content (AvgIpc) is 2.67. The molecule has 1 aromatic rings. The van der Waals surface area contributed by atoms with Crippen molar-refractivity contribution in [3.63, 3.8) is 0 Å². The van der Waals surface area contributed by atoms with Crippen LogP contribution in [0.25, 0.3) is 0 Å². The summed E-state index contributed by atoms with van der Waals surface area (Å²) in [4.78, 5) is 12.3. The number of alkyl halides is 1. The van der Waals surface area contributed by atoms with Crippen LogP contribution < -0.4 is 0 Å². The fraction of sp³-hybridized carbons (Fsp3) is 0.462. The van der Waals surface area contributed by atoms with Crippen molar-refractivity contribution in [1.29, 1.82) is 0 Å². The molecule has 0 aliphatic carbocycles. The number of halogens is 1. The van der Waals surface area contributed by atoms with Crippen molar-refractivity contribution in [2.75, 3.05) is 11.9 Å². The van der Waals surface area contributed by atoms with E-state index in [1.807, 2.05) is 6.92 Å². The lowest BCUT2D eigenvalue weighted by atomic mass is 10.0. The van der Waals surface area contributed by atoms with E-state index < -0.39 is 10.0 Å². The normalized spacial score (nSPS) is 23.9. The first-order valence-electron chi connectivity index (χ1n) is 6.07. The van der Waals surface area contributed by atoms with E-state index in [9.17, 15) is 13.2 Å². The molecule has 0 spiro atoms. The van der Waals surface area contributed by atoms with E-state index in [1.165, 1.54) is 0 Å². The van der Waals surface area contributed by atoms with E-state index in [-0.39, 0.29) is 29.2 Å². The van der Waals surface area contributed by atoms with E-state index in [4.69, 9.17) is 0 Å². The molecule has 1 saturated heterocycles. The maximum Gasteiger partial charge on any atom is 0.266 e. The van der Waals surface area contributed by atoms with Gasteiger partial charge in [-0.3, -0.25) is 4.79 Å². The number of hydrogen-bond donors (Lipinski definition) is 0. The van der Waals surface area contributed by atoms with Gasteiger partial charge in [0.05, 0.1) is 4.90 Å². The Morgan fingerprint density at radius 1 is 1.32 bits per heavy atom. The quantitative estimate of drug-likeness (QED) is 0.789. The Morgan fingerprint density at radius 2 is 1.89 bits per heavy atom. The van der Waals surface area contributed by atoms with Crippen molar-refractivity contribution >= 4 is 31.9 Å². The van der Waals surface area contributed by atoms with Crippen molar-refractivity contribution in [1.82, 2.24) is 4.31 Å². The van der Waals surface area contributed by atoms with Gasteiger partial charge in [0.25, 0.3) is 10.0 Å². The summed E-state index contributed by atoms with van der Waals surface area (Å²) >= 11 is 3.33. The van der Waals surface area contributed by atoms with Gasteiger partial charge in [0.15, 0.2) is 0 Å². The lowest BCUT2D eigenvalue weighted by molar-refractivity contribution is -0.126. The molecule has 0 bridgehead atoms. The number of amides is 1. The molecular weight excluding hydrogens is 330 g/mol. The number of hydrogen-bond acceptors (Lipinski definition) is 3. The first-order chi connectivity index (χ1) is 8.87. The summed E-state index contributed by atoms with van der Waals surface area (Å²) in [6.07, 6.45) is 0. The summed E-state index contributed by atoms with van der Waals surface area (Å²) in [5.74, 6) is -0.544. The highest BCUT2D eigenvalue weighted by molar-refractivity contribution is 9.09. The second-order valence-corrected chi connectivity index (χ2v) is 7.40. The van der Waals surface area contributed by atoms with Gasteiger partial charge in [-0.2, -0.15) is 0 Å². The number of carbonyl (C=O) groups is 1. The van der Waals surface area contributed by atoms with Gasteiger partial charge in [-0.1, -0.05) is 40.5 Å². The highest BCUT2D eigenvalue weighted by atomic mass is 79.9. The lowest BCUT2D eigenvalue weighted by Gasteiger charge is -2.17. The van der Waals surface area contributed by atoms with E-state index in [1.54, 1.807) is 31.2 Å². The largest absolute Gasteiger partial charge is 0.273 e. The van der Waals surface area contributed by atoms with Gasteiger partial charge in [-0.15, -0.1) is 0 Å². The van der Waals surface area contributed by atoms with Gasteiger partial charge in [0.2, 0.25) is 5.91 Å². The SMILES string of the molecule is Cc1ccc(S(=O)(=O)N2C[C@@H](CBr)[C@@H](C)C2=O)cc1. The first kappa shape index (κ1) is 14.5. The third-order valence-corrected chi connectivity index (χ3v) is 6.16. The van der Waals surface area contributed by atoms with Crippen LogP contribution in [0.15, 0.2) is 29.2 Å². The first-order valence-corrected chi connectivity index (χ1v) is 8.63. The Morgan fingerprint density at radius 3 is 2.37 bits per heavy atom. The number of carbonyl (C=O) groups excluding carboxylic acids is 1. The van der Waals surface area contributed by atoms with Gasteiger partial charge in [-0.05, 0) is 25.0 Å². The lowest BCUT2D eigenvalue weighted by Crippen LogP contribution is -2.33. The fourth-order valence-corrected chi connectivity index (χ4v) is 4.42. The molecule has 6 heteroatoms. The minimum atomic E-state index is -3.72. The van der Waals surface area contributed by atoms with Gasteiger partial charge < -0.3 is 0 Å². The average molecular weight is 346 g/mol. The zero-order chi connectivity index (χ0) is 14.2. The molecule has 2 atom stereocenters. The fourth-order valence-electron chi connectivity index (χ4n) is 2.13. The topological polar surface area (TPSA) is 54.5 Å². The second-order valence-electron chi connectivity index (χ2n) is 4.89. The standard InChI is InChI=1S/C13H16BrNO3S/c1-9-3-5-12(6-4-9)19(17,18)15-8-11(7-14)10(2)13(15)16/h3-6,10-11H,7-8H2,1-2H3/t10-,11-/m1/s1. The number of benzene rings is 1. The van der Waals surface area contributed by atoms with Crippen molar-refractivity contribution in [2.24, 2.45) is 11.8 Å². The van der Waals surface area contributed by atoms with Crippen LogP contribution in [-0.2, 0) is 14.8 Å². The Labute approximate surface area is 122 Å². The predicted octanol–water partition coefficient (Wildman–Crippen LogP) is 2.17. The number of nitrogens with zero attached hydrogens (tertiary/aromatic N) is 1. The second kappa shape index (κ2) is 5.25. The molecule has 1 heterocycles. The molecule has 4 nitrogen and oxygen atoms in total. The van der Waals surface area contributed by atoms with Gasteiger partial charge >= 0.3 is 0 Å². The predicted molar refractivity (Wildman–Crippen MR) is 76.5 cm³/mol. The minimum absolute atomic E-state index is 0.0349. The summed E-state index contributed by atoms with van der Waals surface area (Å²) in [6.45, 7) is 3.92. The van der Waals surface area contributed by atoms with Crippen LogP contribution in [0.2, 0.25) is 0 Å². The van der Waals surface area contributed by atoms with Crippen LogP contribution in [0.1, 0.15) is 12.5 Å². The number of sulfonamides is 1. The van der Waals surface area contributed by atoms with Gasteiger partial charge in [0.1, 0.15) is 0 Å². The van der Waals surface area contributed by atoms with Crippen molar-refractivity contribution in [3.8, 4) is 0 Å². The van der Waals surface area contributed by atoms with Crippen LogP contribution in [0.5, 0.6) is 0 Å². The molecule has 0 aromatic heterocycles. The molecule has 2 rings (SSSR count). The number of aryl methyl sites for hydroxylation is 1. The van der Waals surface area contributed by atoms with E-state index in [2.05, 4.69) is 15.9 Å².